The number of hydrogen-bond donors (Lipinski definition) is 0. The Hall–Kier alpha value is -3.38. The van der Waals surface area contributed by atoms with Crippen molar-refractivity contribution in [2.24, 2.45) is 0 Å². The molecule has 1 fully saturated rings. The fourth-order valence-electron chi connectivity index (χ4n) is 4.26. The lowest BCUT2D eigenvalue weighted by atomic mass is 10.1. The van der Waals surface area contributed by atoms with E-state index < -0.39 is 5.92 Å². The highest BCUT2D eigenvalue weighted by molar-refractivity contribution is 7.18. The van der Waals surface area contributed by atoms with E-state index in [1.807, 2.05) is 24.3 Å². The van der Waals surface area contributed by atoms with Gasteiger partial charge in [-0.2, -0.15) is 10.2 Å². The normalized spacial score (nSPS) is 15.7. The molecule has 1 unspecified atom stereocenters. The molecule has 178 valence electrons. The third-order valence-electron chi connectivity index (χ3n) is 6.35. The van der Waals surface area contributed by atoms with E-state index in [0.29, 0.717) is 12.3 Å². The Morgan fingerprint density at radius 3 is 2.46 bits per heavy atom. The summed E-state index contributed by atoms with van der Waals surface area (Å²) in [6.07, 6.45) is 1.64. The predicted octanol–water partition coefficient (Wildman–Crippen LogP) is 4.46. The number of nitriles is 1. The van der Waals surface area contributed by atoms with Crippen molar-refractivity contribution in [2.75, 3.05) is 32.7 Å². The van der Waals surface area contributed by atoms with Gasteiger partial charge in [0.15, 0.2) is 0 Å². The monoisotopic (exact) mass is 484 g/mol. The maximum absolute atomic E-state index is 9.84. The molecular weight excluding hydrogens is 456 g/mol. The number of hydrogen-bond acceptors (Lipinski definition) is 8. The fourth-order valence-corrected chi connectivity index (χ4v) is 5.28. The van der Waals surface area contributed by atoms with Crippen molar-refractivity contribution < 1.29 is 4.74 Å². The molecule has 8 heteroatoms. The lowest BCUT2D eigenvalue weighted by Gasteiger charge is -2.34. The molecule has 1 atom stereocenters. The number of rotatable bonds is 8. The lowest BCUT2D eigenvalue weighted by Crippen LogP contribution is -2.45. The molecule has 0 amide bonds. The zero-order valence-electron chi connectivity index (χ0n) is 19.8. The van der Waals surface area contributed by atoms with Crippen LogP contribution in [0, 0.1) is 11.3 Å². The van der Waals surface area contributed by atoms with Crippen LogP contribution in [0.3, 0.4) is 0 Å². The van der Waals surface area contributed by atoms with Crippen molar-refractivity contribution in [2.45, 2.75) is 26.0 Å². The summed E-state index contributed by atoms with van der Waals surface area (Å²) in [5.74, 6) is -0.559. The summed E-state index contributed by atoms with van der Waals surface area (Å²) in [6.45, 7) is 9.24. The molecule has 4 aromatic rings. The van der Waals surface area contributed by atoms with Gasteiger partial charge in [0.25, 0.3) is 0 Å². The number of ether oxygens (including phenoxy) is 1. The minimum atomic E-state index is -0.559. The number of thiazole rings is 1. The van der Waals surface area contributed by atoms with Crippen molar-refractivity contribution in [3.05, 3.63) is 82.6 Å². The SMILES string of the molecule is CCN1CCN(Cc2ccc(COc3nccc(C(C#N)c4nc5ccccc5s4)n3)cc2)CC1. The molecule has 2 aromatic heterocycles. The summed E-state index contributed by atoms with van der Waals surface area (Å²) in [5, 5.41) is 10.6. The van der Waals surface area contributed by atoms with Gasteiger partial charge in [-0.15, -0.1) is 11.3 Å². The summed E-state index contributed by atoms with van der Waals surface area (Å²) in [5.41, 5.74) is 3.85. The first-order valence-electron chi connectivity index (χ1n) is 11.9. The van der Waals surface area contributed by atoms with E-state index in [-0.39, 0.29) is 6.01 Å². The van der Waals surface area contributed by atoms with Crippen molar-refractivity contribution in [3.8, 4) is 12.1 Å². The standard InChI is InChI=1S/C27H28N6OS/c1-2-32-13-15-33(16-14-32)18-20-7-9-21(10-8-20)19-34-27-29-12-11-23(31-27)22(17-28)26-30-24-5-3-4-6-25(24)35-26/h3-12,22H,2,13-16,18-19H2,1H3. The zero-order chi connectivity index (χ0) is 24.0. The quantitative estimate of drug-likeness (QED) is 0.365. The van der Waals surface area contributed by atoms with Crippen LogP contribution in [-0.2, 0) is 13.2 Å². The minimum Gasteiger partial charge on any atom is -0.459 e. The summed E-state index contributed by atoms with van der Waals surface area (Å²) in [6, 6.07) is 20.8. The van der Waals surface area contributed by atoms with Crippen LogP contribution >= 0.6 is 11.3 Å². The van der Waals surface area contributed by atoms with Gasteiger partial charge in [-0.05, 0) is 35.9 Å². The first-order chi connectivity index (χ1) is 17.2. The van der Waals surface area contributed by atoms with Crippen molar-refractivity contribution in [1.29, 1.82) is 5.26 Å². The maximum Gasteiger partial charge on any atom is 0.316 e. The van der Waals surface area contributed by atoms with Crippen LogP contribution in [0.5, 0.6) is 6.01 Å². The predicted molar refractivity (Wildman–Crippen MR) is 137 cm³/mol. The molecule has 7 nitrogen and oxygen atoms in total. The molecule has 0 aliphatic carbocycles. The first kappa shape index (κ1) is 23.4. The van der Waals surface area contributed by atoms with Crippen molar-refractivity contribution in [1.82, 2.24) is 24.8 Å². The Balaban J connectivity index is 1.20. The second kappa shape index (κ2) is 10.9. The van der Waals surface area contributed by atoms with Crippen LogP contribution < -0.4 is 4.74 Å². The summed E-state index contributed by atoms with van der Waals surface area (Å²) < 4.78 is 6.93. The molecule has 0 radical (unpaired) electrons. The first-order valence-corrected chi connectivity index (χ1v) is 12.8. The van der Waals surface area contributed by atoms with Gasteiger partial charge in [-0.1, -0.05) is 43.3 Å². The number of para-hydroxylation sites is 1. The lowest BCUT2D eigenvalue weighted by molar-refractivity contribution is 0.132. The molecule has 0 bridgehead atoms. The van der Waals surface area contributed by atoms with Crippen LogP contribution in [0.2, 0.25) is 0 Å². The van der Waals surface area contributed by atoms with Crippen LogP contribution in [0.1, 0.15) is 34.7 Å². The Bertz CT molecular complexity index is 1270. The molecule has 1 saturated heterocycles. The van der Waals surface area contributed by atoms with Crippen molar-refractivity contribution >= 4 is 21.6 Å². The van der Waals surface area contributed by atoms with Gasteiger partial charge in [-0.25, -0.2) is 9.97 Å². The van der Waals surface area contributed by atoms with E-state index in [0.717, 1.165) is 60.1 Å². The van der Waals surface area contributed by atoms with E-state index in [9.17, 15) is 5.26 Å². The smallest absolute Gasteiger partial charge is 0.316 e. The van der Waals surface area contributed by atoms with Crippen LogP contribution in [0.25, 0.3) is 10.2 Å². The van der Waals surface area contributed by atoms with Gasteiger partial charge in [0.2, 0.25) is 0 Å². The average Bonchev–Trinajstić information content (AvgIpc) is 3.33. The van der Waals surface area contributed by atoms with Gasteiger partial charge in [0, 0.05) is 38.9 Å². The minimum absolute atomic E-state index is 0.265. The highest BCUT2D eigenvalue weighted by Gasteiger charge is 2.20. The number of fused-ring (bicyclic) bond motifs is 1. The molecule has 0 N–H and O–H groups in total. The summed E-state index contributed by atoms with van der Waals surface area (Å²) in [4.78, 5) is 18.4. The third-order valence-corrected chi connectivity index (χ3v) is 7.45. The van der Waals surface area contributed by atoms with Crippen LogP contribution in [0.4, 0.5) is 0 Å². The van der Waals surface area contributed by atoms with E-state index in [2.05, 4.69) is 62.0 Å². The molecule has 0 spiro atoms. The van der Waals surface area contributed by atoms with Crippen LogP contribution in [0.15, 0.2) is 60.8 Å². The fraction of sp³-hybridized carbons (Fsp3) is 0.333. The van der Waals surface area contributed by atoms with Gasteiger partial charge >= 0.3 is 6.01 Å². The number of aromatic nitrogens is 3. The second-order valence-electron chi connectivity index (χ2n) is 8.66. The molecule has 35 heavy (non-hydrogen) atoms. The molecular formula is C27H28N6OS. The van der Waals surface area contributed by atoms with Gasteiger partial charge in [0.05, 0.1) is 22.0 Å². The highest BCUT2D eigenvalue weighted by atomic mass is 32.1. The van der Waals surface area contributed by atoms with Gasteiger partial charge in [0.1, 0.15) is 17.5 Å². The molecule has 2 aromatic carbocycles. The topological polar surface area (TPSA) is 78.2 Å². The Morgan fingerprint density at radius 2 is 1.71 bits per heavy atom. The van der Waals surface area contributed by atoms with E-state index >= 15 is 0 Å². The van der Waals surface area contributed by atoms with Crippen molar-refractivity contribution in [3.63, 3.8) is 0 Å². The molecule has 1 aliphatic heterocycles. The summed E-state index contributed by atoms with van der Waals surface area (Å²) in [7, 11) is 0. The Morgan fingerprint density at radius 1 is 0.971 bits per heavy atom. The number of piperazine rings is 1. The highest BCUT2D eigenvalue weighted by Crippen LogP contribution is 2.31. The average molecular weight is 485 g/mol. The van der Waals surface area contributed by atoms with Gasteiger partial charge < -0.3 is 9.64 Å². The van der Waals surface area contributed by atoms with Gasteiger partial charge in [-0.3, -0.25) is 4.90 Å². The molecule has 3 heterocycles. The maximum atomic E-state index is 9.84. The van der Waals surface area contributed by atoms with E-state index in [1.165, 1.54) is 16.9 Å². The Labute approximate surface area is 209 Å². The number of likely N-dealkylation sites (N-methyl/N-ethyl adjacent to an activating group) is 1. The number of nitrogens with zero attached hydrogens (tertiary/aromatic N) is 6. The zero-order valence-corrected chi connectivity index (χ0v) is 20.6. The molecule has 0 saturated carbocycles. The van der Waals surface area contributed by atoms with E-state index in [1.54, 1.807) is 12.3 Å². The Kier molecular flexibility index (Phi) is 7.28. The largest absolute Gasteiger partial charge is 0.459 e. The summed E-state index contributed by atoms with van der Waals surface area (Å²) >= 11 is 1.52. The number of benzene rings is 2. The van der Waals surface area contributed by atoms with E-state index in [4.69, 9.17) is 4.74 Å². The molecule has 5 rings (SSSR count). The van der Waals surface area contributed by atoms with Crippen LogP contribution in [-0.4, -0.2) is 57.5 Å². The third kappa shape index (κ3) is 5.65. The second-order valence-corrected chi connectivity index (χ2v) is 9.72. The molecule has 1 aliphatic rings.